The highest BCUT2D eigenvalue weighted by Crippen LogP contribution is 2.37. The van der Waals surface area contributed by atoms with Crippen LogP contribution in [0.5, 0.6) is 5.88 Å². The number of halogens is 3. The molecule has 1 aliphatic rings. The first-order valence-electron chi connectivity index (χ1n) is 7.92. The zero-order valence-corrected chi connectivity index (χ0v) is 13.7. The van der Waals surface area contributed by atoms with Gasteiger partial charge in [-0.2, -0.15) is 0 Å². The molecule has 0 bridgehead atoms. The first kappa shape index (κ1) is 18.4. The maximum Gasteiger partial charge on any atom is 0.315 e. The van der Waals surface area contributed by atoms with Crippen molar-refractivity contribution in [3.63, 3.8) is 0 Å². The molecule has 0 aliphatic heterocycles. The summed E-state index contributed by atoms with van der Waals surface area (Å²) >= 11 is 0. The van der Waals surface area contributed by atoms with Crippen LogP contribution in [0, 0.1) is 5.92 Å². The van der Waals surface area contributed by atoms with E-state index in [9.17, 15) is 18.0 Å². The number of amides is 2. The Balaban J connectivity index is 1.78. The summed E-state index contributed by atoms with van der Waals surface area (Å²) in [5.41, 5.74) is 0.695. The first-order chi connectivity index (χ1) is 11.2. The van der Waals surface area contributed by atoms with E-state index in [0.717, 1.165) is 6.92 Å². The predicted molar refractivity (Wildman–Crippen MR) is 82.6 cm³/mol. The van der Waals surface area contributed by atoms with Crippen LogP contribution in [0.2, 0.25) is 0 Å². The zero-order valence-electron chi connectivity index (χ0n) is 13.7. The lowest BCUT2D eigenvalue weighted by atomic mass is 10.0. The molecule has 1 saturated carbocycles. The summed E-state index contributed by atoms with van der Waals surface area (Å²) in [7, 11) is 0. The standard InChI is InChI=1S/C16H22F3N3O2/c1-10(17)24-14-7-11(5-6-20-14)9-21-15(23)22-13-4-3-12(8-13)16(2,18)19/h5-7,10,12-13H,3-4,8-9H2,1-2H3,(H2,21,22,23)/t10?,12-,13+/m1/s1. The molecule has 2 amide bonds. The van der Waals surface area contributed by atoms with Gasteiger partial charge in [0.25, 0.3) is 0 Å². The van der Waals surface area contributed by atoms with E-state index >= 15 is 0 Å². The van der Waals surface area contributed by atoms with Gasteiger partial charge in [0.05, 0.1) is 0 Å². The summed E-state index contributed by atoms with van der Waals surface area (Å²) in [5.74, 6) is -3.27. The van der Waals surface area contributed by atoms with E-state index < -0.39 is 24.2 Å². The lowest BCUT2D eigenvalue weighted by molar-refractivity contribution is -0.0374. The first-order valence-corrected chi connectivity index (χ1v) is 7.92. The molecule has 1 aliphatic carbocycles. The lowest BCUT2D eigenvalue weighted by Gasteiger charge is -2.19. The number of rotatable bonds is 6. The van der Waals surface area contributed by atoms with Gasteiger partial charge < -0.3 is 15.4 Å². The summed E-state index contributed by atoms with van der Waals surface area (Å²) < 4.78 is 44.1. The van der Waals surface area contributed by atoms with Crippen molar-refractivity contribution in [3.05, 3.63) is 23.9 Å². The molecule has 1 heterocycles. The van der Waals surface area contributed by atoms with Gasteiger partial charge >= 0.3 is 6.03 Å². The second-order valence-electron chi connectivity index (χ2n) is 6.15. The second kappa shape index (κ2) is 7.72. The molecule has 8 heteroatoms. The number of nitrogens with one attached hydrogen (secondary N) is 2. The predicted octanol–water partition coefficient (Wildman–Crippen LogP) is 3.40. The van der Waals surface area contributed by atoms with E-state index in [1.54, 1.807) is 6.07 Å². The number of carbonyl (C=O) groups is 1. The molecular formula is C16H22F3N3O2. The topological polar surface area (TPSA) is 63.2 Å². The fraction of sp³-hybridized carbons (Fsp3) is 0.625. The van der Waals surface area contributed by atoms with E-state index in [4.69, 9.17) is 4.74 Å². The molecule has 2 rings (SSSR count). The molecular weight excluding hydrogens is 323 g/mol. The second-order valence-corrected chi connectivity index (χ2v) is 6.15. The molecule has 0 aromatic carbocycles. The number of urea groups is 1. The van der Waals surface area contributed by atoms with Crippen LogP contribution in [0.25, 0.3) is 0 Å². The van der Waals surface area contributed by atoms with Crippen molar-refractivity contribution >= 4 is 6.03 Å². The highest BCUT2D eigenvalue weighted by atomic mass is 19.3. The Hall–Kier alpha value is -1.99. The molecule has 1 fully saturated rings. The van der Waals surface area contributed by atoms with Crippen LogP contribution in [0.3, 0.4) is 0 Å². The third-order valence-electron chi connectivity index (χ3n) is 4.02. The average Bonchev–Trinajstić information content (AvgIpc) is 2.93. The van der Waals surface area contributed by atoms with Crippen molar-refractivity contribution in [2.45, 2.75) is 58.0 Å². The molecule has 3 atom stereocenters. The molecule has 1 unspecified atom stereocenters. The fourth-order valence-corrected chi connectivity index (χ4v) is 2.78. The highest BCUT2D eigenvalue weighted by Gasteiger charge is 2.40. The van der Waals surface area contributed by atoms with Gasteiger partial charge in [0.2, 0.25) is 18.2 Å². The van der Waals surface area contributed by atoms with E-state index in [0.29, 0.717) is 18.4 Å². The summed E-state index contributed by atoms with van der Waals surface area (Å²) in [4.78, 5) is 15.7. The number of carbonyl (C=O) groups excluding carboxylic acids is 1. The van der Waals surface area contributed by atoms with Crippen LogP contribution in [0.4, 0.5) is 18.0 Å². The quantitative estimate of drug-likeness (QED) is 0.831. The summed E-state index contributed by atoms with van der Waals surface area (Å²) in [6.07, 6.45) is 1.20. The minimum absolute atomic E-state index is 0.133. The van der Waals surface area contributed by atoms with Gasteiger partial charge in [0.15, 0.2) is 0 Å². The molecule has 0 saturated heterocycles. The van der Waals surface area contributed by atoms with Gasteiger partial charge in [0, 0.05) is 37.7 Å². The number of pyridine rings is 1. The molecule has 0 spiro atoms. The maximum absolute atomic E-state index is 13.3. The summed E-state index contributed by atoms with van der Waals surface area (Å²) in [5, 5.41) is 5.35. The van der Waals surface area contributed by atoms with Gasteiger partial charge in [-0.3, -0.25) is 0 Å². The van der Waals surface area contributed by atoms with Crippen molar-refractivity contribution in [2.24, 2.45) is 5.92 Å². The van der Waals surface area contributed by atoms with Crippen LogP contribution >= 0.6 is 0 Å². The number of hydrogen-bond donors (Lipinski definition) is 2. The number of aromatic nitrogens is 1. The van der Waals surface area contributed by atoms with Crippen LogP contribution in [-0.2, 0) is 6.54 Å². The summed E-state index contributed by atoms with van der Waals surface area (Å²) in [6, 6.07) is 2.53. The third kappa shape index (κ3) is 5.58. The molecule has 0 radical (unpaired) electrons. The van der Waals surface area contributed by atoms with Crippen molar-refractivity contribution in [1.29, 1.82) is 0 Å². The van der Waals surface area contributed by atoms with Crippen molar-refractivity contribution in [1.82, 2.24) is 15.6 Å². The number of ether oxygens (including phenoxy) is 1. The highest BCUT2D eigenvalue weighted by molar-refractivity contribution is 5.74. The average molecular weight is 345 g/mol. The Morgan fingerprint density at radius 2 is 2.25 bits per heavy atom. The van der Waals surface area contributed by atoms with Gasteiger partial charge in [-0.15, -0.1) is 0 Å². The molecule has 1 aromatic heterocycles. The fourth-order valence-electron chi connectivity index (χ4n) is 2.78. The van der Waals surface area contributed by atoms with Crippen molar-refractivity contribution in [2.75, 3.05) is 0 Å². The molecule has 134 valence electrons. The van der Waals surface area contributed by atoms with E-state index in [-0.39, 0.29) is 24.9 Å². The normalized spacial score (nSPS) is 22.0. The number of alkyl halides is 3. The Morgan fingerprint density at radius 3 is 2.88 bits per heavy atom. The zero-order chi connectivity index (χ0) is 17.7. The number of hydrogen-bond acceptors (Lipinski definition) is 3. The van der Waals surface area contributed by atoms with Gasteiger partial charge in [-0.05, 0) is 37.8 Å². The minimum atomic E-state index is -2.71. The van der Waals surface area contributed by atoms with Crippen LogP contribution in [0.15, 0.2) is 18.3 Å². The Labute approximate surface area is 139 Å². The lowest BCUT2D eigenvalue weighted by Crippen LogP contribution is -2.41. The van der Waals surface area contributed by atoms with Crippen molar-refractivity contribution in [3.8, 4) is 5.88 Å². The van der Waals surface area contributed by atoms with Crippen molar-refractivity contribution < 1.29 is 22.7 Å². The Morgan fingerprint density at radius 1 is 1.50 bits per heavy atom. The Bertz CT molecular complexity index is 564. The van der Waals surface area contributed by atoms with Crippen LogP contribution in [-0.4, -0.2) is 29.3 Å². The molecule has 5 nitrogen and oxygen atoms in total. The van der Waals surface area contributed by atoms with E-state index in [1.165, 1.54) is 19.2 Å². The molecule has 1 aromatic rings. The monoisotopic (exact) mass is 345 g/mol. The van der Waals surface area contributed by atoms with E-state index in [1.807, 2.05) is 0 Å². The van der Waals surface area contributed by atoms with Gasteiger partial charge in [0.1, 0.15) is 0 Å². The third-order valence-corrected chi connectivity index (χ3v) is 4.02. The molecule has 2 N–H and O–H groups in total. The van der Waals surface area contributed by atoms with Crippen LogP contribution in [0.1, 0.15) is 38.7 Å². The summed E-state index contributed by atoms with van der Waals surface area (Å²) in [6.45, 7) is 2.36. The molecule has 24 heavy (non-hydrogen) atoms. The number of nitrogens with zero attached hydrogens (tertiary/aromatic N) is 1. The SMILES string of the molecule is CC(F)Oc1cc(CNC(=O)N[C@H]2CC[C@@H](C(C)(F)F)C2)ccn1. The maximum atomic E-state index is 13.3. The van der Waals surface area contributed by atoms with Gasteiger partial charge in [-0.1, -0.05) is 0 Å². The van der Waals surface area contributed by atoms with Crippen LogP contribution < -0.4 is 15.4 Å². The van der Waals surface area contributed by atoms with E-state index in [2.05, 4.69) is 15.6 Å². The minimum Gasteiger partial charge on any atom is -0.444 e. The largest absolute Gasteiger partial charge is 0.444 e. The Kier molecular flexibility index (Phi) is 5.90. The smallest absolute Gasteiger partial charge is 0.315 e. The van der Waals surface area contributed by atoms with Gasteiger partial charge in [-0.25, -0.2) is 22.9 Å².